The lowest BCUT2D eigenvalue weighted by molar-refractivity contribution is 0.628. The fourth-order valence-corrected chi connectivity index (χ4v) is 2.85. The summed E-state index contributed by atoms with van der Waals surface area (Å²) in [6, 6.07) is 23.1. The van der Waals surface area contributed by atoms with Crippen molar-refractivity contribution in [1.29, 1.82) is 0 Å². The lowest BCUT2D eigenvalue weighted by atomic mass is 10.1. The van der Waals surface area contributed by atoms with Gasteiger partial charge in [-0.1, -0.05) is 54.1 Å². The first-order valence-corrected chi connectivity index (χ1v) is 8.91. The van der Waals surface area contributed by atoms with E-state index in [2.05, 4.69) is 53.2 Å². The molecule has 26 heavy (non-hydrogen) atoms. The minimum atomic E-state index is -0.437. The molecule has 0 unspecified atom stereocenters. The highest BCUT2D eigenvalue weighted by Crippen LogP contribution is 2.22. The Morgan fingerprint density at radius 1 is 1.00 bits per heavy atom. The fraction of sp³-hybridized carbons (Fsp3) is 0.136. The molecular formula is C22H20ClFN2. The monoisotopic (exact) mass is 366 g/mol. The van der Waals surface area contributed by atoms with E-state index in [9.17, 15) is 4.39 Å². The first-order chi connectivity index (χ1) is 12.7. The molecule has 0 spiro atoms. The Hall–Kier alpha value is -2.65. The Bertz CT molecular complexity index is 876. The van der Waals surface area contributed by atoms with Gasteiger partial charge in [-0.2, -0.15) is 0 Å². The van der Waals surface area contributed by atoms with Gasteiger partial charge < -0.3 is 4.90 Å². The van der Waals surface area contributed by atoms with Crippen molar-refractivity contribution in [1.82, 2.24) is 0 Å². The van der Waals surface area contributed by atoms with E-state index in [1.54, 1.807) is 12.3 Å². The van der Waals surface area contributed by atoms with E-state index < -0.39 is 5.82 Å². The summed E-state index contributed by atoms with van der Waals surface area (Å²) >= 11 is 5.78. The van der Waals surface area contributed by atoms with Crippen molar-refractivity contribution in [3.63, 3.8) is 0 Å². The van der Waals surface area contributed by atoms with Gasteiger partial charge in [0.05, 0.1) is 10.7 Å². The number of aliphatic imine (C=N–C) groups is 1. The number of halogens is 2. The highest BCUT2D eigenvalue weighted by atomic mass is 35.5. The van der Waals surface area contributed by atoms with Gasteiger partial charge in [-0.3, -0.25) is 4.99 Å². The lowest BCUT2D eigenvalue weighted by Gasteiger charge is -2.23. The van der Waals surface area contributed by atoms with Crippen LogP contribution >= 0.6 is 11.6 Å². The lowest BCUT2D eigenvalue weighted by Crippen LogP contribution is -2.21. The Labute approximate surface area is 158 Å². The van der Waals surface area contributed by atoms with E-state index in [1.807, 2.05) is 18.2 Å². The molecule has 2 nitrogen and oxygen atoms in total. The molecule has 0 fully saturated rings. The Morgan fingerprint density at radius 3 is 2.38 bits per heavy atom. The second kappa shape index (κ2) is 8.63. The van der Waals surface area contributed by atoms with Crippen LogP contribution in [0.25, 0.3) is 0 Å². The van der Waals surface area contributed by atoms with Crippen LogP contribution in [-0.2, 0) is 6.54 Å². The summed E-state index contributed by atoms with van der Waals surface area (Å²) in [6.45, 7) is 3.95. The molecule has 3 aromatic carbocycles. The van der Waals surface area contributed by atoms with Gasteiger partial charge in [-0.25, -0.2) is 4.39 Å². The first kappa shape index (κ1) is 18.2. The molecule has 0 aliphatic rings. The number of benzene rings is 3. The largest absolute Gasteiger partial charge is 0.367 e. The average Bonchev–Trinajstić information content (AvgIpc) is 2.68. The maximum Gasteiger partial charge on any atom is 0.141 e. The molecule has 4 heteroatoms. The zero-order valence-electron chi connectivity index (χ0n) is 14.6. The third-order valence-electron chi connectivity index (χ3n) is 4.12. The average molecular weight is 367 g/mol. The van der Waals surface area contributed by atoms with E-state index in [0.717, 1.165) is 18.7 Å². The normalized spacial score (nSPS) is 11.0. The molecule has 0 saturated heterocycles. The number of anilines is 1. The molecule has 0 bridgehead atoms. The Kier molecular flexibility index (Phi) is 6.03. The smallest absolute Gasteiger partial charge is 0.141 e. The van der Waals surface area contributed by atoms with Crippen LogP contribution in [0.5, 0.6) is 0 Å². The van der Waals surface area contributed by atoms with Gasteiger partial charge in [0, 0.05) is 25.0 Å². The highest BCUT2D eigenvalue weighted by Gasteiger charge is 2.05. The SMILES string of the molecule is CCN(Cc1ccccc1)c1ccc(C=Nc2ccc(F)c(Cl)c2)cc1. The molecule has 0 aliphatic carbocycles. The van der Waals surface area contributed by atoms with Crippen molar-refractivity contribution in [2.24, 2.45) is 4.99 Å². The van der Waals surface area contributed by atoms with Crippen LogP contribution in [0.1, 0.15) is 18.1 Å². The van der Waals surface area contributed by atoms with Crippen LogP contribution in [0.3, 0.4) is 0 Å². The fourth-order valence-electron chi connectivity index (χ4n) is 2.68. The van der Waals surface area contributed by atoms with Gasteiger partial charge in [-0.05, 0) is 48.4 Å². The van der Waals surface area contributed by atoms with Gasteiger partial charge >= 0.3 is 0 Å². The Morgan fingerprint density at radius 2 is 1.73 bits per heavy atom. The molecule has 3 rings (SSSR count). The van der Waals surface area contributed by atoms with Gasteiger partial charge in [0.25, 0.3) is 0 Å². The van der Waals surface area contributed by atoms with E-state index in [-0.39, 0.29) is 5.02 Å². The third-order valence-corrected chi connectivity index (χ3v) is 4.41. The molecule has 0 aliphatic heterocycles. The van der Waals surface area contributed by atoms with E-state index >= 15 is 0 Å². The van der Waals surface area contributed by atoms with E-state index in [0.29, 0.717) is 5.69 Å². The standard InChI is InChI=1S/C22H20ClFN2/c1-2-26(16-18-6-4-3-5-7-18)20-11-8-17(9-12-20)15-25-19-10-13-22(24)21(23)14-19/h3-15H,2,16H2,1H3. The minimum Gasteiger partial charge on any atom is -0.367 e. The number of hydrogen-bond acceptors (Lipinski definition) is 2. The predicted molar refractivity (Wildman–Crippen MR) is 108 cm³/mol. The van der Waals surface area contributed by atoms with Crippen LogP contribution in [0.4, 0.5) is 15.8 Å². The third kappa shape index (κ3) is 4.70. The van der Waals surface area contributed by atoms with Crippen LogP contribution in [0, 0.1) is 5.82 Å². The quantitative estimate of drug-likeness (QED) is 0.470. The second-order valence-corrected chi connectivity index (χ2v) is 6.36. The second-order valence-electron chi connectivity index (χ2n) is 5.95. The maximum absolute atomic E-state index is 13.2. The molecule has 0 atom stereocenters. The van der Waals surface area contributed by atoms with Gasteiger partial charge in [0.1, 0.15) is 5.82 Å². The number of rotatable bonds is 6. The van der Waals surface area contributed by atoms with Crippen LogP contribution in [0.15, 0.2) is 77.8 Å². The molecular weight excluding hydrogens is 347 g/mol. The molecule has 3 aromatic rings. The highest BCUT2D eigenvalue weighted by molar-refractivity contribution is 6.31. The molecule has 0 heterocycles. The predicted octanol–water partition coefficient (Wildman–Crippen LogP) is 6.26. The van der Waals surface area contributed by atoms with Gasteiger partial charge in [-0.15, -0.1) is 0 Å². The summed E-state index contributed by atoms with van der Waals surface area (Å²) in [6.07, 6.45) is 1.75. The van der Waals surface area contributed by atoms with E-state index in [4.69, 9.17) is 11.6 Å². The van der Waals surface area contributed by atoms with Crippen LogP contribution in [-0.4, -0.2) is 12.8 Å². The number of nitrogens with zero attached hydrogens (tertiary/aromatic N) is 2. The van der Waals surface area contributed by atoms with Crippen LogP contribution < -0.4 is 4.90 Å². The summed E-state index contributed by atoms with van der Waals surface area (Å²) < 4.78 is 13.2. The van der Waals surface area contributed by atoms with Crippen molar-refractivity contribution < 1.29 is 4.39 Å². The van der Waals surface area contributed by atoms with Crippen molar-refractivity contribution in [3.8, 4) is 0 Å². The molecule has 0 radical (unpaired) electrons. The summed E-state index contributed by atoms with van der Waals surface area (Å²) in [5.74, 6) is -0.437. The zero-order chi connectivity index (χ0) is 18.4. The molecule has 0 amide bonds. The summed E-state index contributed by atoms with van der Waals surface area (Å²) in [5, 5.41) is 0.0782. The Balaban J connectivity index is 1.70. The minimum absolute atomic E-state index is 0.0782. The zero-order valence-corrected chi connectivity index (χ0v) is 15.3. The molecule has 0 aromatic heterocycles. The van der Waals surface area contributed by atoms with Gasteiger partial charge in [0.15, 0.2) is 0 Å². The van der Waals surface area contributed by atoms with Gasteiger partial charge in [0.2, 0.25) is 0 Å². The topological polar surface area (TPSA) is 15.6 Å². The van der Waals surface area contributed by atoms with Crippen molar-refractivity contribution in [2.75, 3.05) is 11.4 Å². The summed E-state index contributed by atoms with van der Waals surface area (Å²) in [7, 11) is 0. The van der Waals surface area contributed by atoms with E-state index in [1.165, 1.54) is 23.4 Å². The molecule has 132 valence electrons. The van der Waals surface area contributed by atoms with Crippen LogP contribution in [0.2, 0.25) is 5.02 Å². The molecule has 0 saturated carbocycles. The van der Waals surface area contributed by atoms with Crippen molar-refractivity contribution >= 4 is 29.2 Å². The van der Waals surface area contributed by atoms with Crippen molar-refractivity contribution in [3.05, 3.63) is 94.8 Å². The molecule has 0 N–H and O–H groups in total. The summed E-state index contributed by atoms with van der Waals surface area (Å²) in [4.78, 5) is 6.67. The first-order valence-electron chi connectivity index (χ1n) is 8.54. The maximum atomic E-state index is 13.2. The number of hydrogen-bond donors (Lipinski definition) is 0. The summed E-state index contributed by atoms with van der Waals surface area (Å²) in [5.41, 5.74) is 4.05. The van der Waals surface area contributed by atoms with Crippen molar-refractivity contribution in [2.45, 2.75) is 13.5 Å².